The number of nitrogens with zero attached hydrogens (tertiary/aromatic N) is 3. The summed E-state index contributed by atoms with van der Waals surface area (Å²) in [5.74, 6) is 0. The van der Waals surface area contributed by atoms with Crippen molar-refractivity contribution >= 4 is 11.6 Å². The van der Waals surface area contributed by atoms with Crippen LogP contribution in [0, 0.1) is 0 Å². The Labute approximate surface area is 142 Å². The summed E-state index contributed by atoms with van der Waals surface area (Å²) in [5, 5.41) is 18.8. The van der Waals surface area contributed by atoms with E-state index < -0.39 is 5.60 Å². The van der Waals surface area contributed by atoms with Gasteiger partial charge in [0.25, 0.3) is 0 Å². The van der Waals surface area contributed by atoms with E-state index in [4.69, 9.17) is 11.6 Å². The Balaban J connectivity index is 2.11. The highest BCUT2D eigenvalue weighted by atomic mass is 35.5. The van der Waals surface area contributed by atoms with Crippen LogP contribution in [0.3, 0.4) is 0 Å². The molecule has 0 saturated heterocycles. The van der Waals surface area contributed by atoms with Gasteiger partial charge >= 0.3 is 0 Å². The molecule has 0 spiro atoms. The molecule has 0 aliphatic rings. The van der Waals surface area contributed by atoms with Gasteiger partial charge in [0.1, 0.15) is 5.15 Å². The summed E-state index contributed by atoms with van der Waals surface area (Å²) in [6.45, 7) is 3.44. The van der Waals surface area contributed by atoms with Gasteiger partial charge < -0.3 is 15.3 Å². The molecule has 1 aromatic heterocycles. The summed E-state index contributed by atoms with van der Waals surface area (Å²) in [7, 11) is 5.72. The third kappa shape index (κ3) is 4.78. The minimum absolute atomic E-state index is 0.477. The van der Waals surface area contributed by atoms with Crippen LogP contribution in [-0.2, 0) is 13.6 Å². The zero-order chi connectivity index (χ0) is 17.0. The molecule has 23 heavy (non-hydrogen) atoms. The van der Waals surface area contributed by atoms with Gasteiger partial charge in [-0.15, -0.1) is 0 Å². The summed E-state index contributed by atoms with van der Waals surface area (Å²) in [4.78, 5) is 1.97. The van der Waals surface area contributed by atoms with Crippen LogP contribution in [0.1, 0.15) is 12.5 Å². The molecule has 1 heterocycles. The fourth-order valence-electron chi connectivity index (χ4n) is 2.73. The third-order valence-electron chi connectivity index (χ3n) is 3.58. The average molecular weight is 337 g/mol. The Bertz CT molecular complexity index is 638. The molecular weight excluding hydrogens is 312 g/mol. The highest BCUT2D eigenvalue weighted by Gasteiger charge is 2.22. The predicted molar refractivity (Wildman–Crippen MR) is 94.5 cm³/mol. The normalized spacial score (nSPS) is 14.2. The van der Waals surface area contributed by atoms with Crippen molar-refractivity contribution in [3.63, 3.8) is 0 Å². The number of hydrogen-bond acceptors (Lipinski definition) is 4. The van der Waals surface area contributed by atoms with E-state index in [2.05, 4.69) is 10.4 Å². The molecule has 126 valence electrons. The third-order valence-corrected chi connectivity index (χ3v) is 4.05. The van der Waals surface area contributed by atoms with Crippen molar-refractivity contribution in [2.24, 2.45) is 7.05 Å². The molecule has 1 atom stereocenters. The summed E-state index contributed by atoms with van der Waals surface area (Å²) in [5.41, 5.74) is 2.05. The molecule has 2 aromatic rings. The van der Waals surface area contributed by atoms with Crippen LogP contribution in [-0.4, -0.2) is 52.6 Å². The van der Waals surface area contributed by atoms with Crippen LogP contribution < -0.4 is 5.32 Å². The standard InChI is InChI=1S/C17H25ClN4O/c1-17(23,12-21(2)3)11-19-10-14-15(20-22(4)16(14)18)13-8-6-5-7-9-13/h5-9,19,23H,10-12H2,1-4H3. The van der Waals surface area contributed by atoms with E-state index >= 15 is 0 Å². The van der Waals surface area contributed by atoms with E-state index in [9.17, 15) is 5.11 Å². The quantitative estimate of drug-likeness (QED) is 0.813. The monoisotopic (exact) mass is 336 g/mol. The number of rotatable bonds is 7. The van der Waals surface area contributed by atoms with E-state index in [1.165, 1.54) is 0 Å². The number of hydrogen-bond donors (Lipinski definition) is 2. The SMILES string of the molecule is CN(C)CC(C)(O)CNCc1c(-c2ccccc2)nn(C)c1Cl. The van der Waals surface area contributed by atoms with E-state index in [0.29, 0.717) is 24.8 Å². The van der Waals surface area contributed by atoms with Crippen molar-refractivity contribution < 1.29 is 5.11 Å². The van der Waals surface area contributed by atoms with Gasteiger partial charge in [0.2, 0.25) is 0 Å². The lowest BCUT2D eigenvalue weighted by Crippen LogP contribution is -2.45. The van der Waals surface area contributed by atoms with Crippen LogP contribution in [0.4, 0.5) is 0 Å². The molecule has 0 saturated carbocycles. The summed E-state index contributed by atoms with van der Waals surface area (Å²) < 4.78 is 1.68. The van der Waals surface area contributed by atoms with Crippen LogP contribution >= 0.6 is 11.6 Å². The highest BCUT2D eigenvalue weighted by molar-refractivity contribution is 6.30. The minimum Gasteiger partial charge on any atom is -0.388 e. The molecule has 2 N–H and O–H groups in total. The molecule has 0 amide bonds. The Hall–Kier alpha value is -1.40. The van der Waals surface area contributed by atoms with Crippen molar-refractivity contribution in [3.05, 3.63) is 41.0 Å². The zero-order valence-corrected chi connectivity index (χ0v) is 14.9. The topological polar surface area (TPSA) is 53.3 Å². The second-order valence-electron chi connectivity index (χ2n) is 6.45. The van der Waals surface area contributed by atoms with Crippen LogP contribution in [0.15, 0.2) is 30.3 Å². The van der Waals surface area contributed by atoms with Crippen LogP contribution in [0.2, 0.25) is 5.15 Å². The molecule has 0 radical (unpaired) electrons. The fourth-order valence-corrected chi connectivity index (χ4v) is 2.92. The Morgan fingerprint density at radius 2 is 1.96 bits per heavy atom. The molecule has 1 aromatic carbocycles. The van der Waals surface area contributed by atoms with Crippen molar-refractivity contribution in [2.45, 2.75) is 19.1 Å². The van der Waals surface area contributed by atoms with Crippen molar-refractivity contribution in [1.82, 2.24) is 20.0 Å². The molecule has 0 aliphatic carbocycles. The Kier molecular flexibility index (Phi) is 5.81. The molecular formula is C17H25ClN4O. The molecule has 1 unspecified atom stereocenters. The number of aryl methyl sites for hydroxylation is 1. The molecule has 0 aliphatic heterocycles. The average Bonchev–Trinajstić information content (AvgIpc) is 2.75. The molecule has 5 nitrogen and oxygen atoms in total. The maximum atomic E-state index is 10.4. The van der Waals surface area contributed by atoms with E-state index in [-0.39, 0.29) is 0 Å². The van der Waals surface area contributed by atoms with Crippen molar-refractivity contribution in [3.8, 4) is 11.3 Å². The second-order valence-corrected chi connectivity index (χ2v) is 6.80. The molecule has 0 bridgehead atoms. The number of halogens is 1. The first-order valence-corrected chi connectivity index (χ1v) is 8.02. The maximum Gasteiger partial charge on any atom is 0.131 e. The molecule has 6 heteroatoms. The first kappa shape index (κ1) is 17.9. The number of aromatic nitrogens is 2. The van der Waals surface area contributed by atoms with Gasteiger partial charge in [0.15, 0.2) is 0 Å². The first-order chi connectivity index (χ1) is 10.8. The van der Waals surface area contributed by atoms with Gasteiger partial charge in [-0.1, -0.05) is 41.9 Å². The fraction of sp³-hybridized carbons (Fsp3) is 0.471. The van der Waals surface area contributed by atoms with Crippen molar-refractivity contribution in [2.75, 3.05) is 27.2 Å². The number of likely N-dealkylation sites (N-methyl/N-ethyl adjacent to an activating group) is 1. The van der Waals surface area contributed by atoms with Crippen LogP contribution in [0.5, 0.6) is 0 Å². The van der Waals surface area contributed by atoms with Gasteiger partial charge in [-0.25, -0.2) is 0 Å². The Morgan fingerprint density at radius 1 is 1.30 bits per heavy atom. The summed E-state index contributed by atoms with van der Waals surface area (Å²) in [6.07, 6.45) is 0. The van der Waals surface area contributed by atoms with E-state index in [1.807, 2.05) is 63.3 Å². The smallest absolute Gasteiger partial charge is 0.131 e. The Morgan fingerprint density at radius 3 is 2.57 bits per heavy atom. The lowest BCUT2D eigenvalue weighted by Gasteiger charge is -2.27. The highest BCUT2D eigenvalue weighted by Crippen LogP contribution is 2.28. The lowest BCUT2D eigenvalue weighted by molar-refractivity contribution is 0.0336. The molecule has 2 rings (SSSR count). The van der Waals surface area contributed by atoms with Gasteiger partial charge in [0, 0.05) is 37.8 Å². The van der Waals surface area contributed by atoms with E-state index in [0.717, 1.165) is 16.8 Å². The summed E-state index contributed by atoms with van der Waals surface area (Å²) >= 11 is 6.39. The largest absolute Gasteiger partial charge is 0.388 e. The van der Waals surface area contributed by atoms with Gasteiger partial charge in [0.05, 0.1) is 11.3 Å². The summed E-state index contributed by atoms with van der Waals surface area (Å²) in [6, 6.07) is 9.98. The van der Waals surface area contributed by atoms with Gasteiger partial charge in [-0.05, 0) is 21.0 Å². The minimum atomic E-state index is -0.801. The van der Waals surface area contributed by atoms with Crippen molar-refractivity contribution in [1.29, 1.82) is 0 Å². The van der Waals surface area contributed by atoms with Gasteiger partial charge in [-0.3, -0.25) is 4.68 Å². The number of benzene rings is 1. The predicted octanol–water partition coefficient (Wildman–Crippen LogP) is 2.14. The first-order valence-electron chi connectivity index (χ1n) is 7.65. The number of nitrogens with one attached hydrogen (secondary N) is 1. The van der Waals surface area contributed by atoms with E-state index in [1.54, 1.807) is 4.68 Å². The molecule has 0 fully saturated rings. The van der Waals surface area contributed by atoms with Crippen LogP contribution in [0.25, 0.3) is 11.3 Å². The lowest BCUT2D eigenvalue weighted by atomic mass is 10.1. The van der Waals surface area contributed by atoms with Gasteiger partial charge in [-0.2, -0.15) is 5.10 Å². The second kappa shape index (κ2) is 7.45. The maximum absolute atomic E-state index is 10.4. The zero-order valence-electron chi connectivity index (χ0n) is 14.2. The number of aliphatic hydroxyl groups is 1.